The fourth-order valence-electron chi connectivity index (χ4n) is 3.77. The molecule has 1 fully saturated rings. The Bertz CT molecular complexity index is 1070. The van der Waals surface area contributed by atoms with Gasteiger partial charge in [-0.3, -0.25) is 19.2 Å². The van der Waals surface area contributed by atoms with Crippen LogP contribution >= 0.6 is 0 Å². The minimum atomic E-state index is -1.43. The molecule has 1 aliphatic heterocycles. The summed E-state index contributed by atoms with van der Waals surface area (Å²) in [5.74, 6) is -5.14. The molecule has 0 bridgehead atoms. The highest BCUT2D eigenvalue weighted by Gasteiger charge is 2.47. The van der Waals surface area contributed by atoms with Crippen molar-refractivity contribution in [1.29, 1.82) is 0 Å². The van der Waals surface area contributed by atoms with Crippen molar-refractivity contribution in [1.82, 2.24) is 4.90 Å². The quantitative estimate of drug-likeness (QED) is 0.475. The van der Waals surface area contributed by atoms with Crippen LogP contribution in [0.15, 0.2) is 60.7 Å². The molecule has 0 spiro atoms. The van der Waals surface area contributed by atoms with Gasteiger partial charge in [0.1, 0.15) is 25.3 Å². The number of esters is 2. The molecular weight excluding hydrogens is 456 g/mol. The van der Waals surface area contributed by atoms with Crippen molar-refractivity contribution in [3.05, 3.63) is 71.8 Å². The van der Waals surface area contributed by atoms with Gasteiger partial charge >= 0.3 is 17.9 Å². The van der Waals surface area contributed by atoms with Crippen LogP contribution in [0, 0.1) is 5.92 Å². The number of carbonyl (C=O) groups excluding carboxylic acids is 4. The van der Waals surface area contributed by atoms with E-state index in [4.69, 9.17) is 20.3 Å². The highest BCUT2D eigenvalue weighted by atomic mass is 16.5. The van der Waals surface area contributed by atoms with Crippen LogP contribution < -0.4 is 5.73 Å². The zero-order chi connectivity index (χ0) is 25.4. The summed E-state index contributed by atoms with van der Waals surface area (Å²) >= 11 is 0. The first kappa shape index (κ1) is 25.6. The van der Waals surface area contributed by atoms with E-state index in [1.165, 1.54) is 4.90 Å². The average Bonchev–Trinajstić information content (AvgIpc) is 3.32. The molecule has 10 heteroatoms. The summed E-state index contributed by atoms with van der Waals surface area (Å²) in [4.78, 5) is 63.0. The fraction of sp³-hybridized carbons (Fsp3) is 0.320. The van der Waals surface area contributed by atoms with Crippen molar-refractivity contribution >= 4 is 29.6 Å². The van der Waals surface area contributed by atoms with Gasteiger partial charge in [-0.2, -0.15) is 0 Å². The van der Waals surface area contributed by atoms with Gasteiger partial charge in [0.05, 0.1) is 5.92 Å². The van der Waals surface area contributed by atoms with Crippen molar-refractivity contribution in [2.24, 2.45) is 11.7 Å². The molecule has 3 N–H and O–H groups in total. The number of amides is 1. The third kappa shape index (κ3) is 6.73. The summed E-state index contributed by atoms with van der Waals surface area (Å²) in [6, 6.07) is 14.5. The van der Waals surface area contributed by atoms with Gasteiger partial charge in [-0.25, -0.2) is 4.79 Å². The van der Waals surface area contributed by atoms with Crippen LogP contribution in [0.5, 0.6) is 0 Å². The molecule has 1 aliphatic rings. The summed E-state index contributed by atoms with van der Waals surface area (Å²) in [5.41, 5.74) is 6.43. The van der Waals surface area contributed by atoms with E-state index in [2.05, 4.69) is 0 Å². The Morgan fingerprint density at radius 1 is 0.943 bits per heavy atom. The van der Waals surface area contributed by atoms with E-state index < -0.39 is 60.6 Å². The highest BCUT2D eigenvalue weighted by Crippen LogP contribution is 2.29. The van der Waals surface area contributed by atoms with Crippen LogP contribution in [0.2, 0.25) is 0 Å². The van der Waals surface area contributed by atoms with E-state index in [1.807, 2.05) is 6.07 Å². The predicted molar refractivity (Wildman–Crippen MR) is 122 cm³/mol. The largest absolute Gasteiger partial charge is 0.480 e. The summed E-state index contributed by atoms with van der Waals surface area (Å²) in [5, 5.41) is 8.83. The molecule has 1 amide bonds. The second kappa shape index (κ2) is 11.9. The van der Waals surface area contributed by atoms with Crippen molar-refractivity contribution in [3.63, 3.8) is 0 Å². The Hall–Kier alpha value is -4.05. The predicted octanol–water partition coefficient (Wildman–Crippen LogP) is 1.18. The number of nitrogens with zero attached hydrogens (tertiary/aromatic N) is 1. The van der Waals surface area contributed by atoms with E-state index >= 15 is 0 Å². The lowest BCUT2D eigenvalue weighted by Crippen LogP contribution is -2.46. The standard InChI is InChI=1S/C25H26N2O8/c26-20(23(30)31)13-18(28)15-35-25(33)21-19(24(32)34-14-16-7-3-1-4-8-16)11-12-27(21)22(29)17-9-5-2-6-10-17/h1-10,19-21H,11-15,26H2,(H,30,31). The van der Waals surface area contributed by atoms with Gasteiger partial charge in [0.2, 0.25) is 0 Å². The van der Waals surface area contributed by atoms with E-state index in [-0.39, 0.29) is 19.6 Å². The summed E-state index contributed by atoms with van der Waals surface area (Å²) in [6.07, 6.45) is -0.355. The second-order valence-corrected chi connectivity index (χ2v) is 8.09. The zero-order valence-electron chi connectivity index (χ0n) is 18.9. The number of likely N-dealkylation sites (tertiary alicyclic amines) is 1. The van der Waals surface area contributed by atoms with Crippen molar-refractivity contribution in [2.75, 3.05) is 13.2 Å². The molecular formula is C25H26N2O8. The van der Waals surface area contributed by atoms with Crippen LogP contribution in [0.3, 0.4) is 0 Å². The number of ether oxygens (including phenoxy) is 2. The van der Waals surface area contributed by atoms with Crippen LogP contribution in [-0.2, 0) is 35.3 Å². The molecule has 2 aromatic carbocycles. The number of aliphatic carboxylic acids is 1. The van der Waals surface area contributed by atoms with E-state index in [9.17, 15) is 24.0 Å². The first-order valence-corrected chi connectivity index (χ1v) is 11.0. The highest BCUT2D eigenvalue weighted by molar-refractivity contribution is 5.99. The molecule has 1 saturated heterocycles. The SMILES string of the molecule is NC(CC(=O)COC(=O)C1C(C(=O)OCc2ccccc2)CCN1C(=O)c1ccccc1)C(=O)O. The maximum atomic E-state index is 13.1. The number of benzene rings is 2. The number of rotatable bonds is 10. The van der Waals surface area contributed by atoms with Gasteiger partial charge in [-0.1, -0.05) is 48.5 Å². The van der Waals surface area contributed by atoms with E-state index in [0.29, 0.717) is 5.56 Å². The first-order valence-electron chi connectivity index (χ1n) is 11.0. The number of carbonyl (C=O) groups is 5. The van der Waals surface area contributed by atoms with E-state index in [0.717, 1.165) is 5.56 Å². The normalized spacial score (nSPS) is 17.9. The number of ketones is 1. The smallest absolute Gasteiger partial charge is 0.330 e. The minimum Gasteiger partial charge on any atom is -0.480 e. The van der Waals surface area contributed by atoms with Crippen LogP contribution in [0.25, 0.3) is 0 Å². The Balaban J connectivity index is 1.73. The van der Waals surface area contributed by atoms with Gasteiger partial charge in [-0.05, 0) is 24.1 Å². The molecule has 0 radical (unpaired) electrons. The second-order valence-electron chi connectivity index (χ2n) is 8.09. The lowest BCUT2D eigenvalue weighted by molar-refractivity contribution is -0.160. The van der Waals surface area contributed by atoms with Gasteiger partial charge in [0, 0.05) is 18.5 Å². The van der Waals surface area contributed by atoms with Crippen molar-refractivity contribution in [3.8, 4) is 0 Å². The first-order chi connectivity index (χ1) is 16.8. The lowest BCUT2D eigenvalue weighted by atomic mass is 10.00. The van der Waals surface area contributed by atoms with Gasteiger partial charge in [0.15, 0.2) is 5.78 Å². The van der Waals surface area contributed by atoms with E-state index in [1.54, 1.807) is 54.6 Å². The van der Waals surface area contributed by atoms with Gasteiger partial charge < -0.3 is 25.2 Å². The Kier molecular flexibility index (Phi) is 8.69. The molecule has 0 aromatic heterocycles. The molecule has 2 aromatic rings. The molecule has 184 valence electrons. The summed E-state index contributed by atoms with van der Waals surface area (Å²) in [7, 11) is 0. The minimum absolute atomic E-state index is 0.00383. The van der Waals surface area contributed by atoms with Crippen LogP contribution in [0.1, 0.15) is 28.8 Å². The molecule has 3 atom stereocenters. The maximum Gasteiger partial charge on any atom is 0.330 e. The number of carboxylic acid groups (broad SMARTS) is 1. The lowest BCUT2D eigenvalue weighted by Gasteiger charge is -2.26. The van der Waals surface area contributed by atoms with Crippen molar-refractivity contribution in [2.45, 2.75) is 31.5 Å². The third-order valence-electron chi connectivity index (χ3n) is 5.59. The molecule has 1 heterocycles. The number of nitrogens with two attached hydrogens (primary N) is 1. The Morgan fingerprint density at radius 2 is 1.57 bits per heavy atom. The number of Topliss-reactive ketones (excluding diaryl/α,β-unsaturated/α-hetero) is 1. The number of hydrogen-bond acceptors (Lipinski definition) is 8. The van der Waals surface area contributed by atoms with Crippen LogP contribution in [0.4, 0.5) is 0 Å². The Morgan fingerprint density at radius 3 is 2.20 bits per heavy atom. The average molecular weight is 482 g/mol. The molecule has 3 unspecified atom stereocenters. The fourth-order valence-corrected chi connectivity index (χ4v) is 3.77. The van der Waals surface area contributed by atoms with Crippen LogP contribution in [-0.4, -0.2) is 64.8 Å². The Labute approximate surface area is 201 Å². The number of carboxylic acids is 1. The molecule has 0 saturated carbocycles. The van der Waals surface area contributed by atoms with Gasteiger partial charge in [0.25, 0.3) is 5.91 Å². The van der Waals surface area contributed by atoms with Gasteiger partial charge in [-0.15, -0.1) is 0 Å². The molecule has 35 heavy (non-hydrogen) atoms. The topological polar surface area (TPSA) is 153 Å². The maximum absolute atomic E-state index is 13.1. The monoisotopic (exact) mass is 482 g/mol. The molecule has 10 nitrogen and oxygen atoms in total. The summed E-state index contributed by atoms with van der Waals surface area (Å²) in [6.45, 7) is -0.623. The summed E-state index contributed by atoms with van der Waals surface area (Å²) < 4.78 is 10.5. The third-order valence-corrected chi connectivity index (χ3v) is 5.59. The van der Waals surface area contributed by atoms with Crippen molar-refractivity contribution < 1.29 is 38.6 Å². The molecule has 3 rings (SSSR count). The zero-order valence-corrected chi connectivity index (χ0v) is 18.9. The number of hydrogen-bond donors (Lipinski definition) is 2. The molecule has 0 aliphatic carbocycles.